The smallest absolute Gasteiger partial charge is 0.260 e. The van der Waals surface area contributed by atoms with E-state index >= 15 is 0 Å². The van der Waals surface area contributed by atoms with Gasteiger partial charge >= 0.3 is 0 Å². The molecule has 0 radical (unpaired) electrons. The van der Waals surface area contributed by atoms with Crippen LogP contribution in [0.1, 0.15) is 32.1 Å². The van der Waals surface area contributed by atoms with Gasteiger partial charge < -0.3 is 20.3 Å². The van der Waals surface area contributed by atoms with Gasteiger partial charge in [0.1, 0.15) is 5.75 Å². The van der Waals surface area contributed by atoms with Crippen LogP contribution in [-0.4, -0.2) is 56.0 Å². The molecule has 1 aromatic rings. The van der Waals surface area contributed by atoms with Crippen molar-refractivity contribution in [2.45, 2.75) is 32.1 Å². The summed E-state index contributed by atoms with van der Waals surface area (Å²) in [6.45, 7) is 4.12. The van der Waals surface area contributed by atoms with Crippen LogP contribution in [0.5, 0.6) is 5.75 Å². The fourth-order valence-electron chi connectivity index (χ4n) is 3.88. The van der Waals surface area contributed by atoms with Gasteiger partial charge in [0.15, 0.2) is 6.61 Å². The Labute approximate surface area is 161 Å². The molecule has 2 N–H and O–H groups in total. The highest BCUT2D eigenvalue weighted by atomic mass is 16.5. The van der Waals surface area contributed by atoms with Crippen LogP contribution in [0.25, 0.3) is 0 Å². The Morgan fingerprint density at radius 2 is 2.04 bits per heavy atom. The van der Waals surface area contributed by atoms with Gasteiger partial charge in [-0.2, -0.15) is 0 Å². The molecular formula is C21H31N3O3. The van der Waals surface area contributed by atoms with Crippen LogP contribution < -0.4 is 15.4 Å². The van der Waals surface area contributed by atoms with Gasteiger partial charge in [-0.15, -0.1) is 0 Å². The number of likely N-dealkylation sites (tertiary alicyclic amines) is 1. The average Bonchev–Trinajstić information content (AvgIpc) is 2.73. The minimum Gasteiger partial charge on any atom is -0.484 e. The third-order valence-electron chi connectivity index (χ3n) is 5.50. The van der Waals surface area contributed by atoms with Crippen LogP contribution in [0.2, 0.25) is 0 Å². The maximum atomic E-state index is 12.5. The summed E-state index contributed by atoms with van der Waals surface area (Å²) in [7, 11) is 0. The SMILES string of the molecule is O=C(NCCC1CCCNC1)C1CCCN(C(=O)COc2ccccc2)C1. The number of carbonyl (C=O) groups excluding carboxylic acids is 2. The molecule has 148 valence electrons. The first-order valence-electron chi connectivity index (χ1n) is 10.2. The first-order valence-corrected chi connectivity index (χ1v) is 10.2. The second kappa shape index (κ2) is 10.3. The van der Waals surface area contributed by atoms with Crippen molar-refractivity contribution in [2.75, 3.05) is 39.3 Å². The molecular weight excluding hydrogens is 342 g/mol. The molecule has 2 heterocycles. The van der Waals surface area contributed by atoms with Gasteiger partial charge in [-0.05, 0) is 63.2 Å². The summed E-state index contributed by atoms with van der Waals surface area (Å²) >= 11 is 0. The molecule has 2 aliphatic rings. The second-order valence-corrected chi connectivity index (χ2v) is 7.57. The maximum absolute atomic E-state index is 12.5. The molecule has 2 saturated heterocycles. The Hall–Kier alpha value is -2.08. The topological polar surface area (TPSA) is 70.7 Å². The average molecular weight is 373 g/mol. The van der Waals surface area contributed by atoms with E-state index in [1.807, 2.05) is 30.3 Å². The molecule has 0 spiro atoms. The third kappa shape index (κ3) is 6.24. The Kier molecular flexibility index (Phi) is 7.51. The summed E-state index contributed by atoms with van der Waals surface area (Å²) in [6.07, 6.45) is 5.21. The Morgan fingerprint density at radius 3 is 2.81 bits per heavy atom. The molecule has 2 fully saturated rings. The van der Waals surface area contributed by atoms with E-state index in [1.165, 1.54) is 12.8 Å². The summed E-state index contributed by atoms with van der Waals surface area (Å²) in [4.78, 5) is 26.7. The number of benzene rings is 1. The number of hydrogen-bond donors (Lipinski definition) is 2. The van der Waals surface area contributed by atoms with Crippen molar-refractivity contribution in [3.63, 3.8) is 0 Å². The lowest BCUT2D eigenvalue weighted by atomic mass is 9.95. The first-order chi connectivity index (χ1) is 13.2. The van der Waals surface area contributed by atoms with Gasteiger partial charge in [0.2, 0.25) is 5.91 Å². The van der Waals surface area contributed by atoms with E-state index in [4.69, 9.17) is 4.74 Å². The molecule has 1 aromatic carbocycles. The van der Waals surface area contributed by atoms with Gasteiger partial charge in [0.05, 0.1) is 5.92 Å². The van der Waals surface area contributed by atoms with E-state index in [0.717, 1.165) is 38.9 Å². The number of piperidine rings is 2. The monoisotopic (exact) mass is 373 g/mol. The number of ether oxygens (including phenoxy) is 1. The molecule has 6 nitrogen and oxygen atoms in total. The minimum absolute atomic E-state index is 0.0209. The zero-order chi connectivity index (χ0) is 18.9. The van der Waals surface area contributed by atoms with E-state index in [2.05, 4.69) is 10.6 Å². The quantitative estimate of drug-likeness (QED) is 0.765. The fraction of sp³-hybridized carbons (Fsp3) is 0.619. The van der Waals surface area contributed by atoms with Crippen molar-refractivity contribution in [3.8, 4) is 5.75 Å². The van der Waals surface area contributed by atoms with Crippen LogP contribution in [0.3, 0.4) is 0 Å². The lowest BCUT2D eigenvalue weighted by Gasteiger charge is -2.32. The highest BCUT2D eigenvalue weighted by Gasteiger charge is 2.28. The summed E-state index contributed by atoms with van der Waals surface area (Å²) in [5.41, 5.74) is 0. The molecule has 2 atom stereocenters. The fourth-order valence-corrected chi connectivity index (χ4v) is 3.88. The van der Waals surface area contributed by atoms with Crippen molar-refractivity contribution in [3.05, 3.63) is 30.3 Å². The minimum atomic E-state index is -0.107. The third-order valence-corrected chi connectivity index (χ3v) is 5.50. The molecule has 27 heavy (non-hydrogen) atoms. The van der Waals surface area contributed by atoms with Crippen LogP contribution >= 0.6 is 0 Å². The van der Waals surface area contributed by atoms with Gasteiger partial charge in [-0.1, -0.05) is 18.2 Å². The van der Waals surface area contributed by atoms with Crippen molar-refractivity contribution in [2.24, 2.45) is 11.8 Å². The van der Waals surface area contributed by atoms with E-state index < -0.39 is 0 Å². The number of nitrogens with one attached hydrogen (secondary N) is 2. The Balaban J connectivity index is 1.38. The number of carbonyl (C=O) groups is 2. The van der Waals surface area contributed by atoms with Crippen molar-refractivity contribution < 1.29 is 14.3 Å². The highest BCUT2D eigenvalue weighted by molar-refractivity contribution is 5.81. The van der Waals surface area contributed by atoms with Crippen molar-refractivity contribution >= 4 is 11.8 Å². The lowest BCUT2D eigenvalue weighted by Crippen LogP contribution is -2.47. The number of hydrogen-bond acceptors (Lipinski definition) is 4. The van der Waals surface area contributed by atoms with Gasteiger partial charge in [0.25, 0.3) is 5.91 Å². The van der Waals surface area contributed by atoms with Crippen molar-refractivity contribution in [1.82, 2.24) is 15.5 Å². The van der Waals surface area contributed by atoms with Crippen LogP contribution in [0.15, 0.2) is 30.3 Å². The van der Waals surface area contributed by atoms with Gasteiger partial charge in [-0.3, -0.25) is 9.59 Å². The zero-order valence-electron chi connectivity index (χ0n) is 16.0. The van der Waals surface area contributed by atoms with Crippen LogP contribution in [0.4, 0.5) is 0 Å². The van der Waals surface area contributed by atoms with E-state index in [-0.39, 0.29) is 24.3 Å². The first kappa shape index (κ1) is 19.7. The Bertz CT molecular complexity index is 602. The summed E-state index contributed by atoms with van der Waals surface area (Å²) in [5, 5.41) is 6.49. The lowest BCUT2D eigenvalue weighted by molar-refractivity contribution is -0.137. The maximum Gasteiger partial charge on any atom is 0.260 e. The molecule has 6 heteroatoms. The molecule has 0 saturated carbocycles. The van der Waals surface area contributed by atoms with Gasteiger partial charge in [0, 0.05) is 19.6 Å². The Morgan fingerprint density at radius 1 is 1.19 bits per heavy atom. The predicted octanol–water partition coefficient (Wildman–Crippen LogP) is 1.81. The highest BCUT2D eigenvalue weighted by Crippen LogP contribution is 2.18. The molecule has 2 aliphatic heterocycles. The van der Waals surface area contributed by atoms with Crippen LogP contribution in [-0.2, 0) is 9.59 Å². The predicted molar refractivity (Wildman–Crippen MR) is 104 cm³/mol. The number of nitrogens with zero attached hydrogens (tertiary/aromatic N) is 1. The molecule has 0 bridgehead atoms. The summed E-state index contributed by atoms with van der Waals surface area (Å²) in [6, 6.07) is 9.34. The van der Waals surface area contributed by atoms with Crippen molar-refractivity contribution in [1.29, 1.82) is 0 Å². The van der Waals surface area contributed by atoms with Crippen LogP contribution in [0, 0.1) is 11.8 Å². The summed E-state index contributed by atoms with van der Waals surface area (Å²) in [5.74, 6) is 1.28. The normalized spacial score (nSPS) is 22.9. The number of amides is 2. The number of para-hydroxylation sites is 1. The molecule has 0 aliphatic carbocycles. The molecule has 2 unspecified atom stereocenters. The zero-order valence-corrected chi connectivity index (χ0v) is 16.0. The molecule has 3 rings (SSSR count). The van der Waals surface area contributed by atoms with E-state index in [9.17, 15) is 9.59 Å². The largest absolute Gasteiger partial charge is 0.484 e. The van der Waals surface area contributed by atoms with Gasteiger partial charge in [-0.25, -0.2) is 0 Å². The molecule has 2 amide bonds. The summed E-state index contributed by atoms with van der Waals surface area (Å²) < 4.78 is 5.55. The van der Waals surface area contributed by atoms with E-state index in [1.54, 1.807) is 4.90 Å². The number of rotatable bonds is 7. The second-order valence-electron chi connectivity index (χ2n) is 7.57. The molecule has 0 aromatic heterocycles. The standard InChI is InChI=1S/C21H31N3O3/c25-20(16-27-19-8-2-1-3-9-19)24-13-5-7-18(15-24)21(26)23-12-10-17-6-4-11-22-14-17/h1-3,8-9,17-18,22H,4-7,10-16H2,(H,23,26). The van der Waals surface area contributed by atoms with E-state index in [0.29, 0.717) is 24.8 Å².